The summed E-state index contributed by atoms with van der Waals surface area (Å²) >= 11 is 0. The maximum absolute atomic E-state index is 6.63. The topological polar surface area (TPSA) is 23.0 Å². The summed E-state index contributed by atoms with van der Waals surface area (Å²) in [4.78, 5) is 0. The number of aromatic nitrogens is 2. The molecule has 11 rings (SSSR count). The molecule has 0 fully saturated rings. The van der Waals surface area contributed by atoms with Crippen molar-refractivity contribution >= 4 is 83.3 Å². The van der Waals surface area contributed by atoms with Crippen molar-refractivity contribution in [2.75, 3.05) is 0 Å². The van der Waals surface area contributed by atoms with E-state index in [9.17, 15) is 0 Å². The van der Waals surface area contributed by atoms with E-state index in [4.69, 9.17) is 4.42 Å². The van der Waals surface area contributed by atoms with Gasteiger partial charge in [0.15, 0.2) is 0 Å². The quantitative estimate of drug-likeness (QED) is 0.186. The molecule has 0 saturated heterocycles. The molecule has 0 saturated carbocycles. The molecule has 0 unspecified atom stereocenters. The van der Waals surface area contributed by atoms with E-state index < -0.39 is 0 Å². The van der Waals surface area contributed by atoms with Crippen molar-refractivity contribution in [3.05, 3.63) is 115 Å². The molecular formula is C37H21BN2O. The molecule has 188 valence electrons. The average Bonchev–Trinajstić information content (AvgIpc) is 3.66. The van der Waals surface area contributed by atoms with Gasteiger partial charge in [-0.05, 0) is 53.7 Å². The summed E-state index contributed by atoms with van der Waals surface area (Å²) in [6, 6.07) is 40.3. The van der Waals surface area contributed by atoms with E-state index in [1.165, 1.54) is 87.7 Å². The minimum atomic E-state index is 0.0505. The zero-order valence-corrected chi connectivity index (χ0v) is 22.3. The fraction of sp³-hybridized carbons (Fsp3) is 0.0270. The first-order valence-corrected chi connectivity index (χ1v) is 14.3. The minimum Gasteiger partial charge on any atom is -0.456 e. The normalized spacial score (nSPS) is 13.4. The highest BCUT2D eigenvalue weighted by atomic mass is 16.3. The molecule has 0 aliphatic carbocycles. The van der Waals surface area contributed by atoms with Crippen LogP contribution in [-0.4, -0.2) is 15.9 Å². The molecule has 3 aromatic heterocycles. The fourth-order valence-corrected chi connectivity index (χ4v) is 8.29. The Morgan fingerprint density at radius 1 is 0.585 bits per heavy atom. The molecule has 6 aromatic carbocycles. The van der Waals surface area contributed by atoms with Gasteiger partial charge in [-0.25, -0.2) is 0 Å². The lowest BCUT2D eigenvalue weighted by molar-refractivity contribution is 0.669. The Morgan fingerprint density at radius 3 is 2.20 bits per heavy atom. The number of aryl methyl sites for hydroxylation is 1. The molecule has 0 spiro atoms. The van der Waals surface area contributed by atoms with Crippen LogP contribution in [0.25, 0.3) is 82.4 Å². The van der Waals surface area contributed by atoms with Gasteiger partial charge in [0, 0.05) is 43.5 Å². The van der Waals surface area contributed by atoms with E-state index in [-0.39, 0.29) is 6.85 Å². The molecule has 41 heavy (non-hydrogen) atoms. The van der Waals surface area contributed by atoms with Gasteiger partial charge in [0.1, 0.15) is 11.2 Å². The van der Waals surface area contributed by atoms with Gasteiger partial charge in [0.25, 0.3) is 0 Å². The van der Waals surface area contributed by atoms with Gasteiger partial charge in [-0.3, -0.25) is 0 Å². The Labute approximate surface area is 234 Å². The number of benzene rings is 6. The lowest BCUT2D eigenvalue weighted by atomic mass is 9.45. The summed E-state index contributed by atoms with van der Waals surface area (Å²) in [6.07, 6.45) is 0. The van der Waals surface area contributed by atoms with Crippen LogP contribution >= 0.6 is 0 Å². The monoisotopic (exact) mass is 520 g/mol. The molecule has 4 heteroatoms. The predicted octanol–water partition coefficient (Wildman–Crippen LogP) is 8.05. The second kappa shape index (κ2) is 6.73. The third kappa shape index (κ3) is 2.22. The van der Waals surface area contributed by atoms with Gasteiger partial charge >= 0.3 is 6.85 Å². The number of nitrogens with zero attached hydrogens (tertiary/aromatic N) is 2. The van der Waals surface area contributed by atoms with E-state index in [2.05, 4.69) is 125 Å². The minimum absolute atomic E-state index is 0.0505. The Kier molecular flexibility index (Phi) is 3.39. The first-order valence-electron chi connectivity index (χ1n) is 14.3. The highest BCUT2D eigenvalue weighted by Gasteiger charge is 2.42. The zero-order valence-electron chi connectivity index (χ0n) is 22.3. The number of para-hydroxylation sites is 4. The summed E-state index contributed by atoms with van der Waals surface area (Å²) in [6.45, 7) is 2.29. The number of fused-ring (bicyclic) bond motifs is 14. The van der Waals surface area contributed by atoms with Crippen LogP contribution < -0.4 is 10.9 Å². The molecular weight excluding hydrogens is 499 g/mol. The van der Waals surface area contributed by atoms with Crippen molar-refractivity contribution < 1.29 is 4.42 Å². The second-order valence-corrected chi connectivity index (χ2v) is 11.8. The summed E-state index contributed by atoms with van der Waals surface area (Å²) < 4.78 is 11.8. The van der Waals surface area contributed by atoms with Gasteiger partial charge < -0.3 is 13.5 Å². The van der Waals surface area contributed by atoms with Gasteiger partial charge in [0.05, 0.1) is 22.1 Å². The maximum Gasteiger partial charge on any atom is 0.333 e. The van der Waals surface area contributed by atoms with Crippen LogP contribution in [0.4, 0.5) is 0 Å². The number of rotatable bonds is 0. The van der Waals surface area contributed by atoms with Crippen LogP contribution in [0, 0.1) is 6.92 Å². The van der Waals surface area contributed by atoms with Crippen LogP contribution in [0.3, 0.4) is 0 Å². The Morgan fingerprint density at radius 2 is 1.32 bits per heavy atom. The average molecular weight is 520 g/mol. The number of hydrogen-bond acceptors (Lipinski definition) is 1. The van der Waals surface area contributed by atoms with E-state index in [0.717, 1.165) is 11.2 Å². The van der Waals surface area contributed by atoms with Gasteiger partial charge in [0.2, 0.25) is 0 Å². The Balaban J connectivity index is 1.50. The molecule has 0 bridgehead atoms. The zero-order chi connectivity index (χ0) is 26.6. The van der Waals surface area contributed by atoms with Crippen molar-refractivity contribution in [2.45, 2.75) is 6.92 Å². The Bertz CT molecular complexity index is 2670. The van der Waals surface area contributed by atoms with Crippen LogP contribution in [0.1, 0.15) is 5.56 Å². The predicted molar refractivity (Wildman–Crippen MR) is 172 cm³/mol. The molecule has 0 amide bonds. The fourth-order valence-electron chi connectivity index (χ4n) is 8.29. The SMILES string of the molecule is Cc1cc2c3c(c1)c1ccccc1n3-c1c3c(cc4oc5ccccc5c14)-c1cccc4c5ccccc5n(c14)B32. The van der Waals surface area contributed by atoms with E-state index >= 15 is 0 Å². The van der Waals surface area contributed by atoms with Crippen molar-refractivity contribution in [2.24, 2.45) is 0 Å². The second-order valence-electron chi connectivity index (χ2n) is 11.8. The maximum atomic E-state index is 6.63. The highest BCUT2D eigenvalue weighted by Crippen LogP contribution is 2.46. The molecule has 5 heterocycles. The summed E-state index contributed by atoms with van der Waals surface area (Å²) in [5.41, 5.74) is 14.9. The highest BCUT2D eigenvalue weighted by molar-refractivity contribution is 6.90. The van der Waals surface area contributed by atoms with Gasteiger partial charge in [-0.15, -0.1) is 0 Å². The smallest absolute Gasteiger partial charge is 0.333 e. The lowest BCUT2D eigenvalue weighted by Gasteiger charge is -2.34. The van der Waals surface area contributed by atoms with Crippen molar-refractivity contribution in [3.8, 4) is 16.8 Å². The Hall–Kier alpha value is -5.22. The van der Waals surface area contributed by atoms with Crippen LogP contribution in [0.5, 0.6) is 0 Å². The molecule has 3 nitrogen and oxygen atoms in total. The summed E-state index contributed by atoms with van der Waals surface area (Å²) in [5.74, 6) is 0. The summed E-state index contributed by atoms with van der Waals surface area (Å²) in [7, 11) is 0. The molecule has 0 N–H and O–H groups in total. The van der Waals surface area contributed by atoms with Gasteiger partial charge in [-0.1, -0.05) is 84.4 Å². The lowest BCUT2D eigenvalue weighted by Crippen LogP contribution is -2.55. The van der Waals surface area contributed by atoms with E-state index in [0.29, 0.717) is 0 Å². The third-order valence-corrected chi connectivity index (χ3v) is 9.69. The summed E-state index contributed by atoms with van der Waals surface area (Å²) in [5, 5.41) is 7.60. The molecule has 9 aromatic rings. The van der Waals surface area contributed by atoms with Crippen molar-refractivity contribution in [1.29, 1.82) is 0 Å². The number of furan rings is 1. The molecule has 0 radical (unpaired) electrons. The third-order valence-electron chi connectivity index (χ3n) is 9.69. The van der Waals surface area contributed by atoms with Crippen LogP contribution in [0.15, 0.2) is 114 Å². The standard InChI is InChI=1S/C37H21BN2O/c1-20-17-27-22-10-2-5-14-29(22)39-36(27)28(18-20)38-34-26(19-32-33(37(34)39)25-11-4-7-16-31(25)41-32)24-13-8-12-23-21-9-3-6-15-30(21)40(38)35(23)24/h2-19H,1H3. The van der Waals surface area contributed by atoms with Crippen LogP contribution in [-0.2, 0) is 0 Å². The number of hydrogen-bond donors (Lipinski definition) is 0. The first-order chi connectivity index (χ1) is 20.3. The van der Waals surface area contributed by atoms with E-state index in [1.54, 1.807) is 0 Å². The van der Waals surface area contributed by atoms with Gasteiger partial charge in [-0.2, -0.15) is 0 Å². The van der Waals surface area contributed by atoms with Crippen molar-refractivity contribution in [1.82, 2.24) is 9.05 Å². The molecule has 2 aliphatic rings. The van der Waals surface area contributed by atoms with E-state index in [1.807, 2.05) is 0 Å². The first kappa shape index (κ1) is 20.7. The largest absolute Gasteiger partial charge is 0.456 e. The van der Waals surface area contributed by atoms with Crippen LogP contribution in [0.2, 0.25) is 0 Å². The van der Waals surface area contributed by atoms with Crippen molar-refractivity contribution in [3.63, 3.8) is 0 Å². The molecule has 2 aliphatic heterocycles. The molecule has 0 atom stereocenters.